The average Bonchev–Trinajstić information content (AvgIpc) is 2.74. The number of benzene rings is 4. The van der Waals surface area contributed by atoms with Crippen LogP contribution in [0, 0.1) is 0 Å². The van der Waals surface area contributed by atoms with Crippen LogP contribution < -0.4 is 20.9 Å². The van der Waals surface area contributed by atoms with E-state index in [1.165, 1.54) is 12.1 Å². The van der Waals surface area contributed by atoms with E-state index in [-0.39, 0.29) is 22.6 Å². The summed E-state index contributed by atoms with van der Waals surface area (Å²) in [6.45, 7) is 0. The molecule has 4 rings (SSSR count). The van der Waals surface area contributed by atoms with Crippen LogP contribution in [0.4, 0.5) is 11.4 Å². The van der Waals surface area contributed by atoms with Gasteiger partial charge in [-0.1, -0.05) is 36.4 Å². The Morgan fingerprint density at radius 1 is 0.567 bits per heavy atom. The molecule has 4 aromatic carbocycles. The van der Waals surface area contributed by atoms with Crippen LogP contribution in [0.5, 0.6) is 11.5 Å². The fourth-order valence-corrected chi connectivity index (χ4v) is 3.01. The van der Waals surface area contributed by atoms with Crippen molar-refractivity contribution in [2.75, 3.05) is 11.5 Å². The second-order valence-electron chi connectivity index (χ2n) is 6.68. The fraction of sp³-hybridized carbons (Fsp3) is 0. The molecule has 0 aliphatic carbocycles. The second kappa shape index (κ2) is 7.97. The van der Waals surface area contributed by atoms with Crippen LogP contribution in [-0.2, 0) is 0 Å². The first-order valence-corrected chi connectivity index (χ1v) is 9.18. The lowest BCUT2D eigenvalue weighted by Crippen LogP contribution is -2.13. The minimum absolute atomic E-state index is 0.123. The molecule has 4 N–H and O–H groups in total. The van der Waals surface area contributed by atoms with Gasteiger partial charge in [0.1, 0.15) is 0 Å². The summed E-state index contributed by atoms with van der Waals surface area (Å²) in [5.41, 5.74) is 13.0. The molecule has 6 nitrogen and oxygen atoms in total. The van der Waals surface area contributed by atoms with E-state index in [1.807, 2.05) is 24.3 Å². The predicted octanol–water partition coefficient (Wildman–Crippen LogP) is 4.44. The third-order valence-electron chi connectivity index (χ3n) is 4.46. The summed E-state index contributed by atoms with van der Waals surface area (Å²) in [5, 5.41) is 1.66. The van der Waals surface area contributed by atoms with E-state index in [0.29, 0.717) is 11.4 Å². The van der Waals surface area contributed by atoms with Crippen LogP contribution in [0.25, 0.3) is 10.8 Å². The van der Waals surface area contributed by atoms with Crippen molar-refractivity contribution in [3.05, 3.63) is 96.1 Å². The van der Waals surface area contributed by atoms with Gasteiger partial charge in [0.05, 0.1) is 11.1 Å². The molecule has 0 aliphatic heterocycles. The Bertz CT molecular complexity index is 1170. The lowest BCUT2D eigenvalue weighted by atomic mass is 10.1. The Hall–Kier alpha value is -4.32. The molecule has 0 aromatic heterocycles. The number of carbonyl (C=O) groups excluding carboxylic acids is 2. The van der Waals surface area contributed by atoms with Gasteiger partial charge in [0.2, 0.25) is 0 Å². The summed E-state index contributed by atoms with van der Waals surface area (Å²) in [5.74, 6) is -0.977. The predicted molar refractivity (Wildman–Crippen MR) is 116 cm³/mol. The normalized spacial score (nSPS) is 10.5. The Kier molecular flexibility index (Phi) is 5.05. The zero-order valence-corrected chi connectivity index (χ0v) is 15.9. The van der Waals surface area contributed by atoms with Gasteiger partial charge in [0, 0.05) is 11.4 Å². The molecular formula is C24H18N2O4. The lowest BCUT2D eigenvalue weighted by Gasteiger charge is -2.12. The summed E-state index contributed by atoms with van der Waals surface area (Å²) >= 11 is 0. The van der Waals surface area contributed by atoms with E-state index in [2.05, 4.69) is 0 Å². The quantitative estimate of drug-likeness (QED) is 0.299. The maximum Gasteiger partial charge on any atom is 0.343 e. The first kappa shape index (κ1) is 19.0. The number of ether oxygens (including phenoxy) is 2. The van der Waals surface area contributed by atoms with Gasteiger partial charge < -0.3 is 20.9 Å². The summed E-state index contributed by atoms with van der Waals surface area (Å²) < 4.78 is 11.1. The molecule has 0 heterocycles. The maximum atomic E-state index is 12.6. The molecule has 30 heavy (non-hydrogen) atoms. The van der Waals surface area contributed by atoms with E-state index in [9.17, 15) is 9.59 Å². The Morgan fingerprint density at radius 2 is 1.00 bits per heavy atom. The molecule has 0 aliphatic rings. The van der Waals surface area contributed by atoms with Crippen molar-refractivity contribution < 1.29 is 19.1 Å². The van der Waals surface area contributed by atoms with Crippen molar-refractivity contribution in [3.63, 3.8) is 0 Å². The van der Waals surface area contributed by atoms with Crippen molar-refractivity contribution in [1.82, 2.24) is 0 Å². The van der Waals surface area contributed by atoms with E-state index in [4.69, 9.17) is 20.9 Å². The summed E-state index contributed by atoms with van der Waals surface area (Å²) in [6.07, 6.45) is 0. The molecule has 0 bridgehead atoms. The van der Waals surface area contributed by atoms with E-state index in [1.54, 1.807) is 48.5 Å². The zero-order chi connectivity index (χ0) is 21.1. The topological polar surface area (TPSA) is 105 Å². The van der Waals surface area contributed by atoms with E-state index >= 15 is 0 Å². The first-order chi connectivity index (χ1) is 14.5. The van der Waals surface area contributed by atoms with Crippen LogP contribution in [-0.4, -0.2) is 11.9 Å². The number of fused-ring (bicyclic) bond motifs is 1. The van der Waals surface area contributed by atoms with Gasteiger partial charge in [-0.3, -0.25) is 0 Å². The zero-order valence-electron chi connectivity index (χ0n) is 15.9. The third kappa shape index (κ3) is 4.07. The second-order valence-corrected chi connectivity index (χ2v) is 6.68. The SMILES string of the molecule is Nc1cccc(C(=O)Oc2cc3ccccc3cc2OC(=O)c2cccc(N)c2)c1. The number of nitrogen functional groups attached to an aromatic ring is 2. The highest BCUT2D eigenvalue weighted by Gasteiger charge is 2.18. The number of anilines is 2. The van der Waals surface area contributed by atoms with Gasteiger partial charge in [0.25, 0.3) is 0 Å². The van der Waals surface area contributed by atoms with Gasteiger partial charge in [-0.05, 0) is 59.3 Å². The van der Waals surface area contributed by atoms with Gasteiger partial charge in [0.15, 0.2) is 11.5 Å². The van der Waals surface area contributed by atoms with E-state index < -0.39 is 11.9 Å². The molecule has 148 valence electrons. The number of esters is 2. The van der Waals surface area contributed by atoms with Crippen LogP contribution in [0.15, 0.2) is 84.9 Å². The van der Waals surface area contributed by atoms with Gasteiger partial charge in [-0.2, -0.15) is 0 Å². The molecule has 0 fully saturated rings. The average molecular weight is 398 g/mol. The Balaban J connectivity index is 1.70. The van der Waals surface area contributed by atoms with Gasteiger partial charge in [-0.15, -0.1) is 0 Å². The molecule has 0 saturated carbocycles. The number of rotatable bonds is 4. The standard InChI is InChI=1S/C24H18N2O4/c25-19-9-3-7-17(11-19)23(27)29-21-13-15-5-1-2-6-16(15)14-22(21)30-24(28)18-8-4-10-20(26)12-18/h1-14H,25-26H2. The molecule has 0 unspecified atom stereocenters. The summed E-state index contributed by atoms with van der Waals surface area (Å²) in [4.78, 5) is 25.2. The van der Waals surface area contributed by atoms with Crippen LogP contribution in [0.1, 0.15) is 20.7 Å². The molecular weight excluding hydrogens is 380 g/mol. The van der Waals surface area contributed by atoms with Crippen molar-refractivity contribution in [3.8, 4) is 11.5 Å². The number of carbonyl (C=O) groups is 2. The molecule has 4 aromatic rings. The highest BCUT2D eigenvalue weighted by molar-refractivity contribution is 5.96. The summed E-state index contributed by atoms with van der Waals surface area (Å²) in [7, 11) is 0. The van der Waals surface area contributed by atoms with Crippen molar-refractivity contribution in [1.29, 1.82) is 0 Å². The van der Waals surface area contributed by atoms with Crippen molar-refractivity contribution in [2.24, 2.45) is 0 Å². The third-order valence-corrected chi connectivity index (χ3v) is 4.46. The molecule has 0 amide bonds. The fourth-order valence-electron chi connectivity index (χ4n) is 3.01. The first-order valence-electron chi connectivity index (χ1n) is 9.18. The molecule has 0 saturated heterocycles. The largest absolute Gasteiger partial charge is 0.419 e. The molecule has 0 radical (unpaired) electrons. The van der Waals surface area contributed by atoms with Crippen molar-refractivity contribution in [2.45, 2.75) is 0 Å². The van der Waals surface area contributed by atoms with Gasteiger partial charge >= 0.3 is 11.9 Å². The molecule has 0 spiro atoms. The highest BCUT2D eigenvalue weighted by atomic mass is 16.6. The van der Waals surface area contributed by atoms with Crippen LogP contribution in [0.2, 0.25) is 0 Å². The van der Waals surface area contributed by atoms with Crippen LogP contribution >= 0.6 is 0 Å². The molecule has 0 atom stereocenters. The smallest absolute Gasteiger partial charge is 0.343 e. The Labute approximate surface area is 172 Å². The monoisotopic (exact) mass is 398 g/mol. The maximum absolute atomic E-state index is 12.6. The molecule has 6 heteroatoms. The number of hydrogen-bond donors (Lipinski definition) is 2. The van der Waals surface area contributed by atoms with Crippen LogP contribution in [0.3, 0.4) is 0 Å². The number of hydrogen-bond acceptors (Lipinski definition) is 6. The lowest BCUT2D eigenvalue weighted by molar-refractivity contribution is 0.0683. The van der Waals surface area contributed by atoms with Gasteiger partial charge in [-0.25, -0.2) is 9.59 Å². The number of nitrogens with two attached hydrogens (primary N) is 2. The van der Waals surface area contributed by atoms with Crippen molar-refractivity contribution >= 4 is 34.1 Å². The Morgan fingerprint density at radius 3 is 1.40 bits per heavy atom. The minimum atomic E-state index is -0.612. The summed E-state index contributed by atoms with van der Waals surface area (Å²) in [6, 6.07) is 23.7. The minimum Gasteiger partial charge on any atom is -0.419 e. The van der Waals surface area contributed by atoms with E-state index in [0.717, 1.165) is 10.8 Å². The highest BCUT2D eigenvalue weighted by Crippen LogP contribution is 2.34.